The Morgan fingerprint density at radius 2 is 1.92 bits per heavy atom. The van der Waals surface area contributed by atoms with Gasteiger partial charge < -0.3 is 9.47 Å². The van der Waals surface area contributed by atoms with Crippen molar-refractivity contribution in [2.45, 2.75) is 19.1 Å². The molecule has 0 fully saturated rings. The molecule has 2 aromatic carbocycles. The fourth-order valence-electron chi connectivity index (χ4n) is 2.93. The Morgan fingerprint density at radius 3 is 2.58 bits per heavy atom. The largest absolute Gasteiger partial charge is 0.496 e. The van der Waals surface area contributed by atoms with Crippen LogP contribution in [0.25, 0.3) is 11.1 Å². The molecule has 1 heterocycles. The smallest absolute Gasteiger partial charge is 0.416 e. The van der Waals surface area contributed by atoms with E-state index in [1.54, 1.807) is 24.4 Å². The van der Waals surface area contributed by atoms with Crippen LogP contribution >= 0.6 is 0 Å². The molecule has 0 saturated carbocycles. The minimum atomic E-state index is -4.47. The molecule has 4 nitrogen and oxygen atoms in total. The Labute approximate surface area is 148 Å². The zero-order valence-electron chi connectivity index (χ0n) is 14.2. The lowest BCUT2D eigenvalue weighted by molar-refractivity contribution is -0.140. The fraction of sp³-hybridized carbons (Fsp3) is 0.263. The van der Waals surface area contributed by atoms with Gasteiger partial charge in [-0.2, -0.15) is 13.2 Å². The van der Waals surface area contributed by atoms with Crippen molar-refractivity contribution in [3.8, 4) is 16.9 Å². The van der Waals surface area contributed by atoms with Gasteiger partial charge in [0, 0.05) is 17.3 Å². The van der Waals surface area contributed by atoms with Crippen molar-refractivity contribution in [3.05, 3.63) is 52.6 Å². The number of carbonyl (C=O) groups is 1. The molecule has 0 spiro atoms. The number of benzene rings is 2. The summed E-state index contributed by atoms with van der Waals surface area (Å²) in [5.41, 5.74) is 1.87. The highest BCUT2D eigenvalue weighted by Crippen LogP contribution is 2.40. The molecule has 2 aromatic rings. The van der Waals surface area contributed by atoms with Gasteiger partial charge in [0.2, 0.25) is 0 Å². The van der Waals surface area contributed by atoms with Gasteiger partial charge in [0.25, 0.3) is 0 Å². The Bertz CT molecular complexity index is 888. The normalized spacial score (nSPS) is 12.8. The first-order valence-electron chi connectivity index (χ1n) is 7.81. The standard InChI is InChI=1S/C19H16F3NO3/c1-25-17-4-3-11(6-18(24)26-2)5-15(17)14-8-13(19(20,21)22)7-12-9-23-10-16(12)14/h3-5,7-8,10H,6,9H2,1-2H3. The SMILES string of the molecule is COC(=O)Cc1ccc(OC)c(-c2cc(C(F)(F)F)cc3c2C=NC3)c1. The van der Waals surface area contributed by atoms with E-state index in [-0.39, 0.29) is 13.0 Å². The van der Waals surface area contributed by atoms with Gasteiger partial charge >= 0.3 is 12.1 Å². The number of fused-ring (bicyclic) bond motifs is 1. The zero-order valence-corrected chi connectivity index (χ0v) is 14.2. The quantitative estimate of drug-likeness (QED) is 0.771. The summed E-state index contributed by atoms with van der Waals surface area (Å²) >= 11 is 0. The highest BCUT2D eigenvalue weighted by molar-refractivity contribution is 5.95. The molecule has 1 aliphatic rings. The van der Waals surface area contributed by atoms with E-state index in [9.17, 15) is 18.0 Å². The van der Waals surface area contributed by atoms with Gasteiger partial charge in [0.1, 0.15) is 5.75 Å². The second-order valence-corrected chi connectivity index (χ2v) is 5.85. The van der Waals surface area contributed by atoms with Crippen LogP contribution in [-0.4, -0.2) is 26.4 Å². The van der Waals surface area contributed by atoms with E-state index in [4.69, 9.17) is 4.74 Å². The Morgan fingerprint density at radius 1 is 1.15 bits per heavy atom. The fourth-order valence-corrected chi connectivity index (χ4v) is 2.93. The molecule has 0 amide bonds. The van der Waals surface area contributed by atoms with Crippen LogP contribution < -0.4 is 4.74 Å². The second-order valence-electron chi connectivity index (χ2n) is 5.85. The summed E-state index contributed by atoms with van der Waals surface area (Å²) in [7, 11) is 2.73. The highest BCUT2D eigenvalue weighted by Gasteiger charge is 2.33. The maximum Gasteiger partial charge on any atom is 0.416 e. The van der Waals surface area contributed by atoms with Gasteiger partial charge in [-0.3, -0.25) is 9.79 Å². The summed E-state index contributed by atoms with van der Waals surface area (Å²) in [4.78, 5) is 15.6. The molecule has 0 saturated heterocycles. The molecule has 0 radical (unpaired) electrons. The van der Waals surface area contributed by atoms with Crippen molar-refractivity contribution in [2.24, 2.45) is 4.99 Å². The van der Waals surface area contributed by atoms with E-state index in [0.717, 1.165) is 12.1 Å². The van der Waals surface area contributed by atoms with Crippen molar-refractivity contribution in [1.82, 2.24) is 0 Å². The number of carbonyl (C=O) groups excluding carboxylic acids is 1. The van der Waals surface area contributed by atoms with E-state index in [1.165, 1.54) is 14.2 Å². The van der Waals surface area contributed by atoms with Crippen LogP contribution in [-0.2, 0) is 28.7 Å². The first kappa shape index (κ1) is 18.0. The van der Waals surface area contributed by atoms with Gasteiger partial charge in [-0.1, -0.05) is 6.07 Å². The van der Waals surface area contributed by atoms with Crippen LogP contribution in [0.2, 0.25) is 0 Å². The number of alkyl halides is 3. The Hall–Kier alpha value is -2.83. The average Bonchev–Trinajstić information content (AvgIpc) is 3.08. The van der Waals surface area contributed by atoms with Crippen LogP contribution in [0.1, 0.15) is 22.3 Å². The monoisotopic (exact) mass is 363 g/mol. The summed E-state index contributed by atoms with van der Waals surface area (Å²) in [6.07, 6.45) is -2.89. The predicted octanol–water partition coefficient (Wildman–Crippen LogP) is 4.03. The van der Waals surface area contributed by atoms with Crippen molar-refractivity contribution in [1.29, 1.82) is 0 Å². The van der Waals surface area contributed by atoms with Crippen LogP contribution in [0.4, 0.5) is 13.2 Å². The van der Waals surface area contributed by atoms with Gasteiger partial charge in [-0.25, -0.2) is 0 Å². The minimum absolute atomic E-state index is 0.0166. The van der Waals surface area contributed by atoms with Crippen LogP contribution in [0.3, 0.4) is 0 Å². The topological polar surface area (TPSA) is 47.9 Å². The number of esters is 1. The molecule has 3 rings (SSSR count). The maximum absolute atomic E-state index is 13.3. The Balaban J connectivity index is 2.19. The molecule has 136 valence electrons. The van der Waals surface area contributed by atoms with Gasteiger partial charge in [-0.15, -0.1) is 0 Å². The van der Waals surface area contributed by atoms with Crippen LogP contribution in [0, 0.1) is 0 Å². The van der Waals surface area contributed by atoms with Crippen molar-refractivity contribution >= 4 is 12.2 Å². The van der Waals surface area contributed by atoms with E-state index in [0.29, 0.717) is 33.6 Å². The maximum atomic E-state index is 13.3. The summed E-state index contributed by atoms with van der Waals surface area (Å²) in [6.45, 7) is 0.205. The lowest BCUT2D eigenvalue weighted by atomic mass is 9.92. The van der Waals surface area contributed by atoms with E-state index in [1.807, 2.05) is 0 Å². The highest BCUT2D eigenvalue weighted by atomic mass is 19.4. The third-order valence-electron chi connectivity index (χ3n) is 4.21. The number of rotatable bonds is 4. The number of halogens is 3. The summed E-state index contributed by atoms with van der Waals surface area (Å²) in [5.74, 6) is -0.0163. The van der Waals surface area contributed by atoms with Crippen molar-refractivity contribution in [3.63, 3.8) is 0 Å². The lowest BCUT2D eigenvalue weighted by Crippen LogP contribution is -2.08. The number of nitrogens with zero attached hydrogens (tertiary/aromatic N) is 1. The average molecular weight is 363 g/mol. The zero-order chi connectivity index (χ0) is 18.9. The molecular weight excluding hydrogens is 347 g/mol. The van der Waals surface area contributed by atoms with E-state index >= 15 is 0 Å². The number of methoxy groups -OCH3 is 2. The molecule has 0 N–H and O–H groups in total. The molecule has 26 heavy (non-hydrogen) atoms. The van der Waals surface area contributed by atoms with E-state index in [2.05, 4.69) is 9.73 Å². The van der Waals surface area contributed by atoms with E-state index < -0.39 is 17.7 Å². The minimum Gasteiger partial charge on any atom is -0.496 e. The van der Waals surface area contributed by atoms with Gasteiger partial charge in [0.15, 0.2) is 0 Å². The Kier molecular flexibility index (Phi) is 4.71. The molecule has 0 aromatic heterocycles. The number of hydrogen-bond acceptors (Lipinski definition) is 4. The third-order valence-corrected chi connectivity index (χ3v) is 4.21. The van der Waals surface area contributed by atoms with Crippen molar-refractivity contribution in [2.75, 3.05) is 14.2 Å². The second kappa shape index (κ2) is 6.82. The first-order valence-corrected chi connectivity index (χ1v) is 7.81. The predicted molar refractivity (Wildman–Crippen MR) is 90.5 cm³/mol. The molecule has 1 aliphatic heterocycles. The molecule has 0 aliphatic carbocycles. The molecule has 0 bridgehead atoms. The van der Waals surface area contributed by atoms with Crippen LogP contribution in [0.5, 0.6) is 5.75 Å². The number of ether oxygens (including phenoxy) is 2. The molecular formula is C19H16F3NO3. The number of hydrogen-bond donors (Lipinski definition) is 0. The number of aliphatic imine (C=N–C) groups is 1. The summed E-state index contributed by atoms with van der Waals surface area (Å²) in [5, 5.41) is 0. The van der Waals surface area contributed by atoms with Gasteiger partial charge in [-0.05, 0) is 41.0 Å². The first-order chi connectivity index (χ1) is 12.3. The summed E-state index contributed by atoms with van der Waals surface area (Å²) < 4.78 is 49.9. The van der Waals surface area contributed by atoms with Crippen LogP contribution in [0.15, 0.2) is 35.3 Å². The van der Waals surface area contributed by atoms with Crippen molar-refractivity contribution < 1.29 is 27.4 Å². The van der Waals surface area contributed by atoms with Gasteiger partial charge in [0.05, 0.1) is 32.7 Å². The third kappa shape index (κ3) is 3.42. The molecule has 0 atom stereocenters. The molecule has 7 heteroatoms. The summed E-state index contributed by atoms with van der Waals surface area (Å²) in [6, 6.07) is 7.18. The molecule has 0 unspecified atom stereocenters. The lowest BCUT2D eigenvalue weighted by Gasteiger charge is -2.16.